The summed E-state index contributed by atoms with van der Waals surface area (Å²) >= 11 is 6.21. The number of carbonyl (C=O) groups excluding carboxylic acids is 1. The Labute approximate surface area is 199 Å². The van der Waals surface area contributed by atoms with Gasteiger partial charge in [0.1, 0.15) is 6.61 Å². The number of ether oxygens (including phenoxy) is 1. The minimum atomic E-state index is -4.69. The van der Waals surface area contributed by atoms with E-state index in [0.29, 0.717) is 24.6 Å². The average Bonchev–Trinajstić information content (AvgIpc) is 2.73. The lowest BCUT2D eigenvalue weighted by Crippen LogP contribution is -2.50. The van der Waals surface area contributed by atoms with Gasteiger partial charge in [0.15, 0.2) is 0 Å². The lowest BCUT2D eigenvalue weighted by atomic mass is 10.0. The maximum Gasteiger partial charge on any atom is 0.417 e. The summed E-state index contributed by atoms with van der Waals surface area (Å²) in [5.74, 6) is 0. The Morgan fingerprint density at radius 3 is 2.38 bits per heavy atom. The molecule has 2 aromatic rings. The van der Waals surface area contributed by atoms with E-state index >= 15 is 0 Å². The number of benzene rings is 2. The molecule has 6 nitrogen and oxygen atoms in total. The number of nitrogens with zero attached hydrogens (tertiary/aromatic N) is 2. The molecule has 2 aliphatic heterocycles. The predicted octanol–water partition coefficient (Wildman–Crippen LogP) is 5.54. The van der Waals surface area contributed by atoms with Crippen molar-refractivity contribution in [2.45, 2.75) is 36.6 Å². The summed E-state index contributed by atoms with van der Waals surface area (Å²) in [5, 5.41) is 0. The maximum absolute atomic E-state index is 13.2. The van der Waals surface area contributed by atoms with Crippen molar-refractivity contribution in [3.63, 3.8) is 0 Å². The Balaban J connectivity index is 1.54. The van der Waals surface area contributed by atoms with Crippen LogP contribution in [0.4, 0.5) is 23.7 Å². The van der Waals surface area contributed by atoms with E-state index in [1.54, 1.807) is 0 Å². The molecule has 0 bridgehead atoms. The van der Waals surface area contributed by atoms with Gasteiger partial charge in [0.05, 0.1) is 16.1 Å². The highest BCUT2D eigenvalue weighted by atomic mass is 79.9. The quantitative estimate of drug-likeness (QED) is 0.466. The zero-order valence-corrected chi connectivity index (χ0v) is 20.4. The normalized spacial score (nSPS) is 18.4. The Morgan fingerprint density at radius 1 is 1.03 bits per heavy atom. The van der Waals surface area contributed by atoms with Crippen LogP contribution in [0.5, 0.6) is 0 Å². The van der Waals surface area contributed by atoms with Crippen LogP contribution in [0.1, 0.15) is 24.0 Å². The fourth-order valence-corrected chi connectivity index (χ4v) is 6.31. The van der Waals surface area contributed by atoms with Gasteiger partial charge < -0.3 is 4.74 Å². The molecule has 1 fully saturated rings. The predicted molar refractivity (Wildman–Crippen MR) is 118 cm³/mol. The Bertz CT molecular complexity index is 1170. The minimum absolute atomic E-state index is 0.0695. The third-order valence-corrected chi connectivity index (χ3v) is 8.60. The number of hydrogen-bond donors (Lipinski definition) is 0. The first kappa shape index (κ1) is 23.5. The van der Waals surface area contributed by atoms with Crippen LogP contribution in [0.25, 0.3) is 0 Å². The van der Waals surface area contributed by atoms with Crippen LogP contribution < -0.4 is 4.90 Å². The van der Waals surface area contributed by atoms with Gasteiger partial charge in [-0.25, -0.2) is 13.2 Å². The number of hydrogen-bond acceptors (Lipinski definition) is 4. The number of carbonyl (C=O) groups is 1. The van der Waals surface area contributed by atoms with Crippen molar-refractivity contribution in [3.05, 3.63) is 56.5 Å². The largest absolute Gasteiger partial charge is 0.444 e. The van der Waals surface area contributed by atoms with E-state index in [2.05, 4.69) is 31.9 Å². The molecule has 0 aromatic heterocycles. The molecule has 1 amide bonds. The van der Waals surface area contributed by atoms with Crippen molar-refractivity contribution >= 4 is 53.7 Å². The summed E-state index contributed by atoms with van der Waals surface area (Å²) in [6.07, 6.45) is -4.53. The molecule has 172 valence electrons. The highest BCUT2D eigenvalue weighted by Crippen LogP contribution is 2.38. The molecule has 2 aliphatic rings. The number of cyclic esters (lactones) is 1. The third kappa shape index (κ3) is 4.42. The van der Waals surface area contributed by atoms with Gasteiger partial charge in [-0.3, -0.25) is 4.90 Å². The van der Waals surface area contributed by atoms with Gasteiger partial charge >= 0.3 is 12.3 Å². The molecule has 0 radical (unpaired) electrons. The van der Waals surface area contributed by atoms with Gasteiger partial charge in [-0.2, -0.15) is 17.5 Å². The molecule has 32 heavy (non-hydrogen) atoms. The molecule has 0 spiro atoms. The number of anilines is 1. The number of amides is 1. The monoisotopic (exact) mass is 596 g/mol. The second-order valence-electron chi connectivity index (χ2n) is 7.47. The molecular formula is C20H17Br2F3N2O4S. The molecule has 0 N–H and O–H groups in total. The lowest BCUT2D eigenvalue weighted by molar-refractivity contribution is -0.138. The molecule has 4 rings (SSSR count). The van der Waals surface area contributed by atoms with Crippen molar-refractivity contribution in [3.8, 4) is 0 Å². The van der Waals surface area contributed by atoms with E-state index in [0.717, 1.165) is 26.5 Å². The number of piperidine rings is 1. The van der Waals surface area contributed by atoms with E-state index < -0.39 is 32.8 Å². The summed E-state index contributed by atoms with van der Waals surface area (Å²) in [4.78, 5) is 13.6. The highest BCUT2D eigenvalue weighted by molar-refractivity contribution is 9.10. The summed E-state index contributed by atoms with van der Waals surface area (Å²) in [6, 6.07) is 8.07. The first-order valence-corrected chi connectivity index (χ1v) is 12.6. The van der Waals surface area contributed by atoms with Gasteiger partial charge in [-0.15, -0.1) is 0 Å². The number of fused-ring (bicyclic) bond motifs is 1. The molecule has 0 saturated carbocycles. The van der Waals surface area contributed by atoms with Gasteiger partial charge in [0.25, 0.3) is 0 Å². The number of sulfonamides is 1. The molecule has 1 saturated heterocycles. The van der Waals surface area contributed by atoms with Crippen molar-refractivity contribution in [1.82, 2.24) is 4.31 Å². The van der Waals surface area contributed by atoms with Gasteiger partial charge in [-0.05, 0) is 49.2 Å². The van der Waals surface area contributed by atoms with Crippen LogP contribution in [0.3, 0.4) is 0 Å². The van der Waals surface area contributed by atoms with Crippen molar-refractivity contribution < 1.29 is 31.1 Å². The fourth-order valence-electron chi connectivity index (χ4n) is 3.93. The second kappa shape index (κ2) is 8.62. The Kier molecular flexibility index (Phi) is 6.34. The van der Waals surface area contributed by atoms with Crippen LogP contribution in [0, 0.1) is 0 Å². The van der Waals surface area contributed by atoms with E-state index in [9.17, 15) is 26.4 Å². The summed E-state index contributed by atoms with van der Waals surface area (Å²) in [5.41, 5.74) is 0.504. The SMILES string of the molecule is O=C1OCc2cc(Br)ccc2N1C1CCN(S(=O)(=O)c2ccc(Br)c(C(F)(F)F)c2)CC1. The van der Waals surface area contributed by atoms with Crippen LogP contribution >= 0.6 is 31.9 Å². The minimum Gasteiger partial charge on any atom is -0.444 e. The molecule has 12 heteroatoms. The number of halogens is 5. The average molecular weight is 598 g/mol. The molecule has 2 aromatic carbocycles. The van der Waals surface area contributed by atoms with Gasteiger partial charge in [0.2, 0.25) is 10.0 Å². The summed E-state index contributed by atoms with van der Waals surface area (Å²) in [7, 11) is -4.12. The van der Waals surface area contributed by atoms with Crippen LogP contribution in [-0.2, 0) is 27.5 Å². The van der Waals surface area contributed by atoms with Crippen molar-refractivity contribution in [2.75, 3.05) is 18.0 Å². The molecular weight excluding hydrogens is 581 g/mol. The maximum atomic E-state index is 13.2. The molecule has 2 heterocycles. The first-order chi connectivity index (χ1) is 15.0. The van der Waals surface area contributed by atoms with E-state index in [1.807, 2.05) is 18.2 Å². The Morgan fingerprint density at radius 2 is 1.72 bits per heavy atom. The van der Waals surface area contributed by atoms with Crippen LogP contribution in [-0.4, -0.2) is 37.9 Å². The fraction of sp³-hybridized carbons (Fsp3) is 0.350. The molecule has 0 aliphatic carbocycles. The zero-order valence-electron chi connectivity index (χ0n) is 16.4. The van der Waals surface area contributed by atoms with E-state index in [4.69, 9.17) is 4.74 Å². The lowest BCUT2D eigenvalue weighted by Gasteiger charge is -2.39. The van der Waals surface area contributed by atoms with Crippen molar-refractivity contribution in [1.29, 1.82) is 0 Å². The first-order valence-electron chi connectivity index (χ1n) is 9.60. The zero-order chi connectivity index (χ0) is 23.3. The van der Waals surface area contributed by atoms with Gasteiger partial charge in [-0.1, -0.05) is 31.9 Å². The summed E-state index contributed by atoms with van der Waals surface area (Å²) < 4.78 is 72.7. The Hall–Kier alpha value is -1.63. The van der Waals surface area contributed by atoms with E-state index in [1.165, 1.54) is 4.90 Å². The van der Waals surface area contributed by atoms with E-state index in [-0.39, 0.29) is 30.2 Å². The van der Waals surface area contributed by atoms with Crippen LogP contribution in [0.2, 0.25) is 0 Å². The van der Waals surface area contributed by atoms with Crippen LogP contribution in [0.15, 0.2) is 50.2 Å². The highest BCUT2D eigenvalue weighted by Gasteiger charge is 2.39. The smallest absolute Gasteiger partial charge is 0.417 e. The number of rotatable bonds is 3. The molecule has 0 unspecified atom stereocenters. The standard InChI is InChI=1S/C20H17Br2F3N2O4S/c21-13-1-4-18-12(9-13)11-31-19(28)27(18)14-5-7-26(8-6-14)32(29,30)15-2-3-17(22)16(10-15)20(23,24)25/h1-4,9-10,14H,5-8,11H2. The van der Waals surface area contributed by atoms with Crippen molar-refractivity contribution in [2.24, 2.45) is 0 Å². The second-order valence-corrected chi connectivity index (χ2v) is 11.2. The number of alkyl halides is 3. The van der Waals surface area contributed by atoms with Gasteiger partial charge in [0, 0.05) is 33.6 Å². The third-order valence-electron chi connectivity index (χ3n) is 5.52. The summed E-state index contributed by atoms with van der Waals surface area (Å²) in [6.45, 7) is 0.294. The molecule has 0 atom stereocenters. The topological polar surface area (TPSA) is 66.9 Å².